The maximum absolute atomic E-state index is 9.84. The average molecular weight is 253 g/mol. The number of aromatic hydroxyl groups is 1. The Balaban J connectivity index is 2.08. The van der Waals surface area contributed by atoms with Crippen molar-refractivity contribution in [3.05, 3.63) is 23.4 Å². The highest BCUT2D eigenvalue weighted by Crippen LogP contribution is 2.34. The molecule has 2 heterocycles. The summed E-state index contributed by atoms with van der Waals surface area (Å²) in [6, 6.07) is 3.54. The van der Waals surface area contributed by atoms with E-state index >= 15 is 0 Å². The molecule has 1 atom stereocenters. The van der Waals surface area contributed by atoms with E-state index in [1.165, 1.54) is 0 Å². The van der Waals surface area contributed by atoms with Gasteiger partial charge in [-0.05, 0) is 31.4 Å². The van der Waals surface area contributed by atoms with Crippen molar-refractivity contribution >= 4 is 22.5 Å². The Bertz CT molecular complexity index is 547. The van der Waals surface area contributed by atoms with Crippen LogP contribution in [-0.2, 0) is 4.74 Å². The van der Waals surface area contributed by atoms with Crippen LogP contribution in [0, 0.1) is 0 Å². The number of nitrogens with zero attached hydrogens (tertiary/aromatic N) is 2. The number of rotatable bonds is 1. The minimum Gasteiger partial charge on any atom is -0.506 e. The summed E-state index contributed by atoms with van der Waals surface area (Å²) < 4.78 is 7.51. The van der Waals surface area contributed by atoms with Gasteiger partial charge in [0.1, 0.15) is 5.75 Å². The summed E-state index contributed by atoms with van der Waals surface area (Å²) in [6.45, 7) is 0.769. The van der Waals surface area contributed by atoms with Crippen molar-refractivity contribution in [2.75, 3.05) is 6.61 Å². The van der Waals surface area contributed by atoms with E-state index in [4.69, 9.17) is 16.3 Å². The van der Waals surface area contributed by atoms with Crippen LogP contribution in [0.5, 0.6) is 5.75 Å². The highest BCUT2D eigenvalue weighted by atomic mass is 35.5. The van der Waals surface area contributed by atoms with E-state index in [2.05, 4.69) is 5.10 Å². The molecular weight excluding hydrogens is 240 g/mol. The van der Waals surface area contributed by atoms with E-state index in [0.717, 1.165) is 31.4 Å². The van der Waals surface area contributed by atoms with Crippen molar-refractivity contribution in [1.29, 1.82) is 0 Å². The molecule has 2 aromatic rings. The van der Waals surface area contributed by atoms with Crippen LogP contribution in [0.1, 0.15) is 25.5 Å². The van der Waals surface area contributed by atoms with Gasteiger partial charge in [0, 0.05) is 6.61 Å². The fourth-order valence-electron chi connectivity index (χ4n) is 2.23. The fraction of sp³-hybridized carbons (Fsp3) is 0.417. The number of fused-ring (bicyclic) bond motifs is 1. The number of phenols is 1. The summed E-state index contributed by atoms with van der Waals surface area (Å²) in [6.07, 6.45) is 4.81. The lowest BCUT2D eigenvalue weighted by molar-refractivity contribution is -0.0366. The zero-order valence-electron chi connectivity index (χ0n) is 9.27. The van der Waals surface area contributed by atoms with Crippen molar-refractivity contribution in [2.45, 2.75) is 25.5 Å². The second-order valence-electron chi connectivity index (χ2n) is 4.24. The van der Waals surface area contributed by atoms with Crippen molar-refractivity contribution in [2.24, 2.45) is 0 Å². The number of hydrogen-bond donors (Lipinski definition) is 1. The molecule has 0 spiro atoms. The summed E-state index contributed by atoms with van der Waals surface area (Å²) in [5.74, 6) is 0.0891. The van der Waals surface area contributed by atoms with Crippen molar-refractivity contribution in [1.82, 2.24) is 9.78 Å². The number of ether oxygens (including phenoxy) is 1. The molecule has 1 saturated heterocycles. The lowest BCUT2D eigenvalue weighted by atomic mass is 10.2. The molecule has 0 bridgehead atoms. The number of hydrogen-bond acceptors (Lipinski definition) is 3. The number of phenolic OH excluding ortho intramolecular Hbond substituents is 1. The fourth-order valence-corrected chi connectivity index (χ4v) is 2.39. The molecule has 1 aromatic heterocycles. The molecule has 0 amide bonds. The van der Waals surface area contributed by atoms with E-state index in [1.807, 2.05) is 10.7 Å². The minimum absolute atomic E-state index is 0.0261. The van der Waals surface area contributed by atoms with E-state index in [-0.39, 0.29) is 12.0 Å². The lowest BCUT2D eigenvalue weighted by Gasteiger charge is -2.23. The molecule has 17 heavy (non-hydrogen) atoms. The largest absolute Gasteiger partial charge is 0.506 e. The second kappa shape index (κ2) is 4.20. The molecular formula is C12H13ClN2O2. The Hall–Kier alpha value is -1.26. The predicted molar refractivity (Wildman–Crippen MR) is 65.2 cm³/mol. The van der Waals surface area contributed by atoms with Gasteiger partial charge >= 0.3 is 0 Å². The van der Waals surface area contributed by atoms with Crippen LogP contribution in [0.2, 0.25) is 5.02 Å². The number of halogens is 1. The molecule has 1 unspecified atom stereocenters. The summed E-state index contributed by atoms with van der Waals surface area (Å²) >= 11 is 5.86. The summed E-state index contributed by atoms with van der Waals surface area (Å²) in [5, 5.41) is 15.2. The third-order valence-corrected chi connectivity index (χ3v) is 3.44. The second-order valence-corrected chi connectivity index (χ2v) is 4.65. The molecule has 0 aliphatic carbocycles. The highest BCUT2D eigenvalue weighted by Gasteiger charge is 2.19. The maximum atomic E-state index is 9.84. The Morgan fingerprint density at radius 3 is 3.06 bits per heavy atom. The molecule has 1 fully saturated rings. The maximum Gasteiger partial charge on any atom is 0.150 e. The standard InChI is InChI=1S/C12H13ClN2O2/c13-9-4-5-10-8(12(9)16)7-14-15(10)11-3-1-2-6-17-11/h4-5,7,11,16H,1-3,6H2. The van der Waals surface area contributed by atoms with Gasteiger partial charge in [-0.1, -0.05) is 11.6 Å². The molecule has 1 aliphatic heterocycles. The normalized spacial score (nSPS) is 20.9. The van der Waals surface area contributed by atoms with Gasteiger partial charge in [0.15, 0.2) is 6.23 Å². The van der Waals surface area contributed by atoms with E-state index < -0.39 is 0 Å². The highest BCUT2D eigenvalue weighted by molar-refractivity contribution is 6.33. The zero-order valence-corrected chi connectivity index (χ0v) is 10.0. The van der Waals surface area contributed by atoms with E-state index in [0.29, 0.717) is 10.4 Å². The molecule has 1 aliphatic rings. The van der Waals surface area contributed by atoms with Gasteiger partial charge in [0.2, 0.25) is 0 Å². The molecule has 3 rings (SSSR count). The summed E-state index contributed by atoms with van der Waals surface area (Å²) in [7, 11) is 0. The molecule has 1 aromatic carbocycles. The van der Waals surface area contributed by atoms with Crippen molar-refractivity contribution < 1.29 is 9.84 Å². The average Bonchev–Trinajstić information content (AvgIpc) is 2.79. The SMILES string of the molecule is Oc1c(Cl)ccc2c1cnn2C1CCCCO1. The molecule has 0 radical (unpaired) electrons. The van der Waals surface area contributed by atoms with Gasteiger partial charge < -0.3 is 9.84 Å². The minimum atomic E-state index is -0.0261. The quantitative estimate of drug-likeness (QED) is 0.848. The molecule has 5 heteroatoms. The Labute approximate surface area is 104 Å². The van der Waals surface area contributed by atoms with Crippen LogP contribution >= 0.6 is 11.6 Å². The van der Waals surface area contributed by atoms with Crippen LogP contribution in [0.25, 0.3) is 10.9 Å². The lowest BCUT2D eigenvalue weighted by Crippen LogP contribution is -2.18. The van der Waals surface area contributed by atoms with E-state index in [9.17, 15) is 5.11 Å². The Kier molecular flexibility index (Phi) is 2.68. The smallest absolute Gasteiger partial charge is 0.150 e. The molecule has 90 valence electrons. The third-order valence-electron chi connectivity index (χ3n) is 3.13. The van der Waals surface area contributed by atoms with Crippen LogP contribution in [-0.4, -0.2) is 21.5 Å². The first-order chi connectivity index (χ1) is 8.27. The molecule has 1 N–H and O–H groups in total. The zero-order chi connectivity index (χ0) is 11.8. The van der Waals surface area contributed by atoms with Gasteiger partial charge in [-0.15, -0.1) is 0 Å². The first-order valence-electron chi connectivity index (χ1n) is 5.73. The van der Waals surface area contributed by atoms with Crippen LogP contribution in [0.15, 0.2) is 18.3 Å². The topological polar surface area (TPSA) is 47.3 Å². The van der Waals surface area contributed by atoms with Gasteiger partial charge in [-0.2, -0.15) is 5.10 Å². The van der Waals surface area contributed by atoms with Crippen LogP contribution in [0.4, 0.5) is 0 Å². The first-order valence-corrected chi connectivity index (χ1v) is 6.11. The van der Waals surface area contributed by atoms with Gasteiger partial charge in [-0.25, -0.2) is 4.68 Å². The van der Waals surface area contributed by atoms with Gasteiger partial charge in [0.05, 0.1) is 22.1 Å². The number of benzene rings is 1. The van der Waals surface area contributed by atoms with Crippen LogP contribution in [0.3, 0.4) is 0 Å². The Morgan fingerprint density at radius 2 is 2.29 bits per heavy atom. The Morgan fingerprint density at radius 1 is 1.41 bits per heavy atom. The van der Waals surface area contributed by atoms with Gasteiger partial charge in [0.25, 0.3) is 0 Å². The predicted octanol–water partition coefficient (Wildman–Crippen LogP) is 3.09. The van der Waals surface area contributed by atoms with Crippen molar-refractivity contribution in [3.8, 4) is 5.75 Å². The molecule has 4 nitrogen and oxygen atoms in total. The third kappa shape index (κ3) is 1.77. The van der Waals surface area contributed by atoms with Crippen LogP contribution < -0.4 is 0 Å². The van der Waals surface area contributed by atoms with Gasteiger partial charge in [-0.3, -0.25) is 0 Å². The van der Waals surface area contributed by atoms with Crippen molar-refractivity contribution in [3.63, 3.8) is 0 Å². The summed E-state index contributed by atoms with van der Waals surface area (Å²) in [4.78, 5) is 0. The van der Waals surface area contributed by atoms with E-state index in [1.54, 1.807) is 12.3 Å². The first kappa shape index (κ1) is 10.9. The monoisotopic (exact) mass is 252 g/mol. The summed E-state index contributed by atoms with van der Waals surface area (Å²) in [5.41, 5.74) is 0.860. The number of aromatic nitrogens is 2. The molecule has 0 saturated carbocycles.